The Kier molecular flexibility index (Phi) is 5.57. The highest BCUT2D eigenvalue weighted by Crippen LogP contribution is 2.26. The fourth-order valence-electron chi connectivity index (χ4n) is 3.91. The molecule has 2 fully saturated rings. The smallest absolute Gasteiger partial charge is 0.243 e. The highest BCUT2D eigenvalue weighted by molar-refractivity contribution is 7.89. The summed E-state index contributed by atoms with van der Waals surface area (Å²) in [6.45, 7) is 6.88. The first-order valence-corrected chi connectivity index (χ1v) is 10.4. The summed E-state index contributed by atoms with van der Waals surface area (Å²) in [7, 11) is -3.49. The normalized spacial score (nSPS) is 25.0. The molecule has 1 aromatic rings. The molecule has 134 valence electrons. The van der Waals surface area contributed by atoms with Crippen molar-refractivity contribution in [2.75, 3.05) is 32.7 Å². The molecule has 2 heterocycles. The van der Waals surface area contributed by atoms with Gasteiger partial charge in [-0.3, -0.25) is 0 Å². The molecular formula is C18H27FN2O2S. The number of nitrogens with zero attached hydrogens (tertiary/aromatic N) is 2. The molecule has 2 aliphatic rings. The minimum atomic E-state index is -3.49. The topological polar surface area (TPSA) is 40.6 Å². The number of halogens is 1. The maximum Gasteiger partial charge on any atom is 0.243 e. The first-order valence-electron chi connectivity index (χ1n) is 8.93. The second kappa shape index (κ2) is 7.50. The Morgan fingerprint density at radius 1 is 1.08 bits per heavy atom. The molecule has 0 amide bonds. The second-order valence-electron chi connectivity index (χ2n) is 7.31. The Labute approximate surface area is 144 Å². The van der Waals surface area contributed by atoms with Crippen LogP contribution in [0.1, 0.15) is 32.6 Å². The Balaban J connectivity index is 1.55. The molecular weight excluding hydrogens is 327 g/mol. The highest BCUT2D eigenvalue weighted by Gasteiger charge is 2.30. The molecule has 1 atom stereocenters. The molecule has 0 saturated carbocycles. The van der Waals surface area contributed by atoms with Crippen LogP contribution in [0.25, 0.3) is 0 Å². The number of rotatable bonds is 4. The van der Waals surface area contributed by atoms with Crippen LogP contribution in [0.5, 0.6) is 0 Å². The predicted molar refractivity (Wildman–Crippen MR) is 92.7 cm³/mol. The van der Waals surface area contributed by atoms with Gasteiger partial charge in [0.25, 0.3) is 0 Å². The van der Waals surface area contributed by atoms with E-state index >= 15 is 0 Å². The van der Waals surface area contributed by atoms with Crippen molar-refractivity contribution in [2.45, 2.75) is 37.5 Å². The van der Waals surface area contributed by atoms with Crippen molar-refractivity contribution in [3.05, 3.63) is 30.1 Å². The van der Waals surface area contributed by atoms with Gasteiger partial charge in [0.05, 0.1) is 4.90 Å². The lowest BCUT2D eigenvalue weighted by Crippen LogP contribution is -2.43. The third-order valence-corrected chi connectivity index (χ3v) is 7.20. The average Bonchev–Trinajstić information content (AvgIpc) is 2.56. The molecule has 0 aliphatic carbocycles. The molecule has 0 N–H and O–H groups in total. The minimum Gasteiger partial charge on any atom is -0.303 e. The summed E-state index contributed by atoms with van der Waals surface area (Å²) in [5.74, 6) is 0.941. The van der Waals surface area contributed by atoms with E-state index in [1.807, 2.05) is 0 Å². The molecule has 2 aliphatic heterocycles. The predicted octanol–water partition coefficient (Wildman–Crippen LogP) is 2.96. The molecule has 0 spiro atoms. The lowest BCUT2D eigenvalue weighted by molar-refractivity contribution is 0.136. The number of benzene rings is 1. The van der Waals surface area contributed by atoms with Crippen LogP contribution in [0, 0.1) is 17.7 Å². The summed E-state index contributed by atoms with van der Waals surface area (Å²) in [5.41, 5.74) is 0. The third-order valence-electron chi connectivity index (χ3n) is 5.28. The molecule has 1 aromatic carbocycles. The molecule has 0 bridgehead atoms. The van der Waals surface area contributed by atoms with Crippen molar-refractivity contribution < 1.29 is 12.8 Å². The zero-order chi connectivity index (χ0) is 17.2. The van der Waals surface area contributed by atoms with Gasteiger partial charge in [0.1, 0.15) is 5.82 Å². The SMILES string of the molecule is C[C@H]1CCCN(CC2CCN(S(=O)(=O)c3ccc(F)cc3)CC2)C1. The lowest BCUT2D eigenvalue weighted by Gasteiger charge is -2.37. The van der Waals surface area contributed by atoms with E-state index in [0.717, 1.165) is 25.3 Å². The van der Waals surface area contributed by atoms with Crippen LogP contribution >= 0.6 is 0 Å². The Morgan fingerprint density at radius 3 is 2.38 bits per heavy atom. The molecule has 24 heavy (non-hydrogen) atoms. The van der Waals surface area contributed by atoms with Gasteiger partial charge in [-0.2, -0.15) is 4.31 Å². The van der Waals surface area contributed by atoms with E-state index in [0.29, 0.717) is 19.0 Å². The molecule has 0 aromatic heterocycles. The molecule has 4 nitrogen and oxygen atoms in total. The van der Waals surface area contributed by atoms with Crippen molar-refractivity contribution >= 4 is 10.0 Å². The number of sulfonamides is 1. The Morgan fingerprint density at radius 2 is 1.75 bits per heavy atom. The molecule has 3 rings (SSSR count). The van der Waals surface area contributed by atoms with Gasteiger partial charge in [-0.15, -0.1) is 0 Å². The number of piperidine rings is 2. The van der Waals surface area contributed by atoms with Crippen molar-refractivity contribution in [1.29, 1.82) is 0 Å². The van der Waals surface area contributed by atoms with Crippen LogP contribution in [0.2, 0.25) is 0 Å². The monoisotopic (exact) mass is 354 g/mol. The average molecular weight is 354 g/mol. The van der Waals surface area contributed by atoms with Crippen molar-refractivity contribution in [3.63, 3.8) is 0 Å². The number of hydrogen-bond donors (Lipinski definition) is 0. The molecule has 0 unspecified atom stereocenters. The standard InChI is InChI=1S/C18H27FN2O2S/c1-15-3-2-10-20(13-15)14-16-8-11-21(12-9-16)24(22,23)18-6-4-17(19)5-7-18/h4-7,15-16H,2-3,8-14H2,1H3/t15-/m0/s1. The fourth-order valence-corrected chi connectivity index (χ4v) is 5.38. The van der Waals surface area contributed by atoms with Crippen LogP contribution in [0.4, 0.5) is 4.39 Å². The summed E-state index contributed by atoms with van der Waals surface area (Å²) >= 11 is 0. The number of likely N-dealkylation sites (tertiary alicyclic amines) is 1. The first-order chi connectivity index (χ1) is 11.4. The van der Waals surface area contributed by atoms with Crippen LogP contribution in [0.15, 0.2) is 29.2 Å². The van der Waals surface area contributed by atoms with E-state index in [2.05, 4.69) is 11.8 Å². The van der Waals surface area contributed by atoms with Gasteiger partial charge in [-0.25, -0.2) is 12.8 Å². The van der Waals surface area contributed by atoms with Gasteiger partial charge in [0.2, 0.25) is 10.0 Å². The van der Waals surface area contributed by atoms with Crippen LogP contribution in [-0.4, -0.2) is 50.3 Å². The lowest BCUT2D eigenvalue weighted by atomic mass is 9.94. The minimum absolute atomic E-state index is 0.187. The van der Waals surface area contributed by atoms with E-state index in [1.165, 1.54) is 50.2 Å². The molecule has 6 heteroatoms. The van der Waals surface area contributed by atoms with Gasteiger partial charge in [0, 0.05) is 26.2 Å². The largest absolute Gasteiger partial charge is 0.303 e. The van der Waals surface area contributed by atoms with Gasteiger partial charge < -0.3 is 4.90 Å². The van der Waals surface area contributed by atoms with E-state index < -0.39 is 15.8 Å². The number of hydrogen-bond acceptors (Lipinski definition) is 3. The van der Waals surface area contributed by atoms with Gasteiger partial charge in [-0.1, -0.05) is 6.92 Å². The quantitative estimate of drug-likeness (QED) is 0.835. The summed E-state index contributed by atoms with van der Waals surface area (Å²) < 4.78 is 39.8. The maximum absolute atomic E-state index is 13.0. The fraction of sp³-hybridized carbons (Fsp3) is 0.667. The summed E-state index contributed by atoms with van der Waals surface area (Å²) in [6, 6.07) is 5.12. The van der Waals surface area contributed by atoms with E-state index in [9.17, 15) is 12.8 Å². The van der Waals surface area contributed by atoms with Gasteiger partial charge in [0.15, 0.2) is 0 Å². The summed E-state index contributed by atoms with van der Waals surface area (Å²) in [4.78, 5) is 2.73. The van der Waals surface area contributed by atoms with Crippen molar-refractivity contribution in [3.8, 4) is 0 Å². The highest BCUT2D eigenvalue weighted by atomic mass is 32.2. The summed E-state index contributed by atoms with van der Waals surface area (Å²) in [5, 5.41) is 0. The van der Waals surface area contributed by atoms with Crippen molar-refractivity contribution in [2.24, 2.45) is 11.8 Å². The second-order valence-corrected chi connectivity index (χ2v) is 9.25. The maximum atomic E-state index is 13.0. The summed E-state index contributed by atoms with van der Waals surface area (Å²) in [6.07, 6.45) is 4.42. The van der Waals surface area contributed by atoms with Gasteiger partial charge >= 0.3 is 0 Å². The third kappa shape index (κ3) is 4.16. The molecule has 2 saturated heterocycles. The zero-order valence-electron chi connectivity index (χ0n) is 14.3. The van der Waals surface area contributed by atoms with E-state index in [4.69, 9.17) is 0 Å². The van der Waals surface area contributed by atoms with Crippen LogP contribution in [-0.2, 0) is 10.0 Å². The first kappa shape index (κ1) is 17.8. The molecule has 0 radical (unpaired) electrons. The van der Waals surface area contributed by atoms with Crippen molar-refractivity contribution in [1.82, 2.24) is 9.21 Å². The Hall–Kier alpha value is -0.980. The van der Waals surface area contributed by atoms with E-state index in [-0.39, 0.29) is 4.90 Å². The van der Waals surface area contributed by atoms with Gasteiger partial charge in [-0.05, 0) is 68.3 Å². The Bertz CT molecular complexity index is 639. The zero-order valence-corrected chi connectivity index (χ0v) is 15.1. The van der Waals surface area contributed by atoms with E-state index in [1.54, 1.807) is 4.31 Å². The van der Waals surface area contributed by atoms with Crippen LogP contribution < -0.4 is 0 Å². The van der Waals surface area contributed by atoms with Crippen LogP contribution in [0.3, 0.4) is 0 Å².